The number of hydrogen-bond acceptors (Lipinski definition) is 3. The number of carbonyl (C=O) groups is 1. The van der Waals surface area contributed by atoms with Crippen LogP contribution in [0.15, 0.2) is 0 Å². The molecule has 0 radical (unpaired) electrons. The van der Waals surface area contributed by atoms with E-state index in [1.807, 2.05) is 0 Å². The summed E-state index contributed by atoms with van der Waals surface area (Å²) < 4.78 is 5.94. The highest BCUT2D eigenvalue weighted by atomic mass is 16.5. The Hall–Kier alpha value is -1.08. The summed E-state index contributed by atoms with van der Waals surface area (Å²) in [4.78, 5) is 12.8. The van der Waals surface area contributed by atoms with Crippen molar-refractivity contribution in [1.29, 1.82) is 5.26 Å². The summed E-state index contributed by atoms with van der Waals surface area (Å²) in [5.74, 6) is 0.568. The molecule has 1 amide bonds. The van der Waals surface area contributed by atoms with Crippen molar-refractivity contribution in [2.24, 2.45) is 16.7 Å². The maximum atomic E-state index is 12.8. The zero-order chi connectivity index (χ0) is 16.5. The Morgan fingerprint density at radius 1 is 1.35 bits per heavy atom. The number of nitrogens with zero attached hydrogens (tertiary/aromatic N) is 1. The van der Waals surface area contributed by atoms with Crippen molar-refractivity contribution in [3.05, 3.63) is 0 Å². The number of amides is 1. The van der Waals surface area contributed by atoms with Crippen LogP contribution in [0.2, 0.25) is 0 Å². The molecule has 3 fully saturated rings. The predicted molar refractivity (Wildman–Crippen MR) is 88.5 cm³/mol. The van der Waals surface area contributed by atoms with Gasteiger partial charge in [0.1, 0.15) is 5.41 Å². The lowest BCUT2D eigenvalue weighted by molar-refractivity contribution is -0.127. The lowest BCUT2D eigenvalue weighted by atomic mass is 9.88. The van der Waals surface area contributed by atoms with Crippen LogP contribution < -0.4 is 5.32 Å². The smallest absolute Gasteiger partial charge is 0.241 e. The van der Waals surface area contributed by atoms with Crippen LogP contribution in [0, 0.1) is 28.1 Å². The Bertz CT molecular complexity index is 488. The average molecular weight is 318 g/mol. The third-order valence-corrected chi connectivity index (χ3v) is 6.75. The molecule has 0 aromatic rings. The van der Waals surface area contributed by atoms with E-state index in [-0.39, 0.29) is 23.5 Å². The normalized spacial score (nSPS) is 35.2. The van der Waals surface area contributed by atoms with Gasteiger partial charge >= 0.3 is 0 Å². The number of carbonyl (C=O) groups excluding carboxylic acids is 1. The SMILES string of the molecule is CCC(CC)C1CC(NC(=O)C2(C#N)CC23CCCC3)CCO1. The molecule has 1 aliphatic heterocycles. The molecule has 1 N–H and O–H groups in total. The minimum atomic E-state index is -0.730. The molecule has 3 atom stereocenters. The monoisotopic (exact) mass is 318 g/mol. The van der Waals surface area contributed by atoms with Gasteiger partial charge in [-0.15, -0.1) is 0 Å². The first-order valence-corrected chi connectivity index (χ1v) is 9.44. The van der Waals surface area contributed by atoms with Crippen molar-refractivity contribution in [2.45, 2.75) is 83.8 Å². The molecule has 3 unspecified atom stereocenters. The van der Waals surface area contributed by atoms with E-state index in [9.17, 15) is 10.1 Å². The highest BCUT2D eigenvalue weighted by molar-refractivity contribution is 5.90. The van der Waals surface area contributed by atoms with Gasteiger partial charge in [0.25, 0.3) is 0 Å². The summed E-state index contributed by atoms with van der Waals surface area (Å²) in [6.45, 7) is 5.13. The molecular weight excluding hydrogens is 288 g/mol. The number of ether oxygens (including phenoxy) is 1. The second-order valence-electron chi connectivity index (χ2n) is 7.86. The van der Waals surface area contributed by atoms with Crippen molar-refractivity contribution >= 4 is 5.91 Å². The van der Waals surface area contributed by atoms with E-state index in [4.69, 9.17) is 4.74 Å². The first-order chi connectivity index (χ1) is 11.1. The van der Waals surface area contributed by atoms with Crippen molar-refractivity contribution in [3.63, 3.8) is 0 Å². The molecule has 4 heteroatoms. The van der Waals surface area contributed by atoms with Gasteiger partial charge in [-0.1, -0.05) is 39.5 Å². The molecule has 1 saturated heterocycles. The van der Waals surface area contributed by atoms with Crippen LogP contribution in [0.3, 0.4) is 0 Å². The number of rotatable bonds is 5. The van der Waals surface area contributed by atoms with Crippen LogP contribution in [0.4, 0.5) is 0 Å². The first kappa shape index (κ1) is 16.8. The molecule has 2 aliphatic carbocycles. The highest BCUT2D eigenvalue weighted by Crippen LogP contribution is 2.71. The van der Waals surface area contributed by atoms with Crippen LogP contribution in [-0.2, 0) is 9.53 Å². The molecule has 2 saturated carbocycles. The van der Waals surface area contributed by atoms with Crippen molar-refractivity contribution in [2.75, 3.05) is 6.61 Å². The van der Waals surface area contributed by atoms with Gasteiger partial charge in [0, 0.05) is 18.1 Å². The van der Waals surface area contributed by atoms with Crippen LogP contribution in [0.1, 0.15) is 71.6 Å². The second-order valence-corrected chi connectivity index (χ2v) is 7.86. The Kier molecular flexibility index (Phi) is 4.69. The number of nitrogens with one attached hydrogen (secondary N) is 1. The molecule has 1 heterocycles. The van der Waals surface area contributed by atoms with E-state index in [0.29, 0.717) is 5.92 Å². The van der Waals surface area contributed by atoms with Gasteiger partial charge in [-0.25, -0.2) is 0 Å². The molecule has 0 bridgehead atoms. The van der Waals surface area contributed by atoms with Gasteiger partial charge in [-0.3, -0.25) is 4.79 Å². The van der Waals surface area contributed by atoms with Gasteiger partial charge in [0.2, 0.25) is 5.91 Å². The Morgan fingerprint density at radius 3 is 2.65 bits per heavy atom. The van der Waals surface area contributed by atoms with E-state index < -0.39 is 5.41 Å². The maximum absolute atomic E-state index is 12.8. The summed E-state index contributed by atoms with van der Waals surface area (Å²) in [5, 5.41) is 12.9. The third kappa shape index (κ3) is 2.78. The minimum absolute atomic E-state index is 0.00269. The fraction of sp³-hybridized carbons (Fsp3) is 0.895. The molecule has 0 aromatic heterocycles. The van der Waals surface area contributed by atoms with Gasteiger partial charge in [-0.2, -0.15) is 5.26 Å². The highest BCUT2D eigenvalue weighted by Gasteiger charge is 2.72. The predicted octanol–water partition coefficient (Wildman–Crippen LogP) is 3.56. The standard InChI is InChI=1S/C19H30N2O2/c1-3-14(4-2)16-11-15(7-10-23-16)21-17(22)19(13-20)12-18(19)8-5-6-9-18/h14-16H,3-12H2,1-2H3,(H,21,22). The molecule has 23 heavy (non-hydrogen) atoms. The summed E-state index contributed by atoms with van der Waals surface area (Å²) in [7, 11) is 0. The molecule has 4 nitrogen and oxygen atoms in total. The molecule has 1 spiro atoms. The van der Waals surface area contributed by atoms with E-state index in [1.165, 1.54) is 12.8 Å². The largest absolute Gasteiger partial charge is 0.378 e. The topological polar surface area (TPSA) is 62.1 Å². The maximum Gasteiger partial charge on any atom is 0.241 e. The first-order valence-electron chi connectivity index (χ1n) is 9.44. The van der Waals surface area contributed by atoms with Crippen LogP contribution in [-0.4, -0.2) is 24.7 Å². The van der Waals surface area contributed by atoms with E-state index in [0.717, 1.165) is 51.6 Å². The quantitative estimate of drug-likeness (QED) is 0.843. The second kappa shape index (κ2) is 6.43. The lowest BCUT2D eigenvalue weighted by Crippen LogP contribution is -2.47. The average Bonchev–Trinajstić information content (AvgIpc) is 2.95. The summed E-state index contributed by atoms with van der Waals surface area (Å²) in [6.07, 6.45) is 9.48. The zero-order valence-corrected chi connectivity index (χ0v) is 14.6. The summed E-state index contributed by atoms with van der Waals surface area (Å²) in [5.41, 5.74) is -0.724. The Labute approximate surface area is 140 Å². The molecule has 128 valence electrons. The molecular formula is C19H30N2O2. The van der Waals surface area contributed by atoms with Crippen molar-refractivity contribution in [1.82, 2.24) is 5.32 Å². The van der Waals surface area contributed by atoms with Crippen molar-refractivity contribution < 1.29 is 9.53 Å². The lowest BCUT2D eigenvalue weighted by Gasteiger charge is -2.35. The minimum Gasteiger partial charge on any atom is -0.378 e. The fourth-order valence-corrected chi connectivity index (χ4v) is 5.06. The van der Waals surface area contributed by atoms with Crippen LogP contribution in [0.5, 0.6) is 0 Å². The number of hydrogen-bond donors (Lipinski definition) is 1. The van der Waals surface area contributed by atoms with Gasteiger partial charge < -0.3 is 10.1 Å². The molecule has 0 aromatic carbocycles. The third-order valence-electron chi connectivity index (χ3n) is 6.75. The van der Waals surface area contributed by atoms with E-state index in [1.54, 1.807) is 0 Å². The summed E-state index contributed by atoms with van der Waals surface area (Å²) in [6, 6.07) is 2.56. The molecule has 3 aliphatic rings. The number of nitriles is 1. The van der Waals surface area contributed by atoms with Crippen molar-refractivity contribution in [3.8, 4) is 6.07 Å². The van der Waals surface area contributed by atoms with E-state index in [2.05, 4.69) is 25.2 Å². The van der Waals surface area contributed by atoms with Gasteiger partial charge in [0.05, 0.1) is 12.2 Å². The van der Waals surface area contributed by atoms with Crippen LogP contribution >= 0.6 is 0 Å². The molecule has 3 rings (SSSR count). The fourth-order valence-electron chi connectivity index (χ4n) is 5.06. The van der Waals surface area contributed by atoms with Gasteiger partial charge in [0.15, 0.2) is 0 Å². The van der Waals surface area contributed by atoms with Gasteiger partial charge in [-0.05, 0) is 38.0 Å². The summed E-state index contributed by atoms with van der Waals surface area (Å²) >= 11 is 0. The van der Waals surface area contributed by atoms with E-state index >= 15 is 0 Å². The van der Waals surface area contributed by atoms with Crippen LogP contribution in [0.25, 0.3) is 0 Å². The zero-order valence-electron chi connectivity index (χ0n) is 14.6. The Morgan fingerprint density at radius 2 is 2.04 bits per heavy atom. The Balaban J connectivity index is 1.61.